The molecule has 2 aliphatic heterocycles. The maximum atomic E-state index is 12.2. The number of rotatable bonds is 4. The lowest BCUT2D eigenvalue weighted by Crippen LogP contribution is -2.34. The largest absolute Gasteiger partial charge is 0.325 e. The highest BCUT2D eigenvalue weighted by molar-refractivity contribution is 5.92. The Bertz CT molecular complexity index is 509. The minimum atomic E-state index is 0.103. The van der Waals surface area contributed by atoms with Crippen molar-refractivity contribution in [3.63, 3.8) is 0 Å². The fraction of sp³-hybridized carbons (Fsp3) is 0.588. The van der Waals surface area contributed by atoms with Gasteiger partial charge in [0.15, 0.2) is 0 Å². The van der Waals surface area contributed by atoms with E-state index < -0.39 is 0 Å². The lowest BCUT2D eigenvalue weighted by Gasteiger charge is -2.22. The monoisotopic (exact) mass is 287 g/mol. The van der Waals surface area contributed by atoms with E-state index in [0.717, 1.165) is 38.3 Å². The van der Waals surface area contributed by atoms with E-state index in [9.17, 15) is 4.79 Å². The van der Waals surface area contributed by atoms with Gasteiger partial charge in [-0.1, -0.05) is 19.1 Å². The quantitative estimate of drug-likeness (QED) is 0.888. The molecule has 3 rings (SSSR count). The highest BCUT2D eigenvalue weighted by atomic mass is 16.2. The molecule has 0 radical (unpaired) electrons. The number of benzene rings is 1. The molecule has 114 valence electrons. The van der Waals surface area contributed by atoms with Crippen LogP contribution in [0.5, 0.6) is 0 Å². The first-order valence-electron chi connectivity index (χ1n) is 8.01. The van der Waals surface area contributed by atoms with Crippen molar-refractivity contribution in [1.29, 1.82) is 0 Å². The maximum absolute atomic E-state index is 12.2. The van der Waals surface area contributed by atoms with Crippen molar-refractivity contribution in [3.05, 3.63) is 29.8 Å². The Morgan fingerprint density at radius 1 is 1.43 bits per heavy atom. The Kier molecular flexibility index (Phi) is 4.27. The molecule has 2 N–H and O–H groups in total. The summed E-state index contributed by atoms with van der Waals surface area (Å²) in [5, 5.41) is 6.48. The number of amides is 1. The fourth-order valence-corrected chi connectivity index (χ4v) is 3.58. The molecule has 1 spiro atoms. The summed E-state index contributed by atoms with van der Waals surface area (Å²) in [7, 11) is 0. The molecule has 0 saturated carbocycles. The molecule has 2 heterocycles. The van der Waals surface area contributed by atoms with Crippen LogP contribution in [0.15, 0.2) is 24.3 Å². The van der Waals surface area contributed by atoms with Crippen molar-refractivity contribution in [1.82, 2.24) is 10.2 Å². The Labute approximate surface area is 126 Å². The van der Waals surface area contributed by atoms with Gasteiger partial charge in [-0.15, -0.1) is 0 Å². The van der Waals surface area contributed by atoms with Gasteiger partial charge < -0.3 is 10.6 Å². The van der Waals surface area contributed by atoms with Gasteiger partial charge in [0.2, 0.25) is 5.91 Å². The molecule has 4 heteroatoms. The van der Waals surface area contributed by atoms with Gasteiger partial charge >= 0.3 is 0 Å². The van der Waals surface area contributed by atoms with Gasteiger partial charge in [-0.2, -0.15) is 0 Å². The molecule has 0 bridgehead atoms. The fourth-order valence-electron chi connectivity index (χ4n) is 3.58. The second-order valence-electron chi connectivity index (χ2n) is 6.49. The van der Waals surface area contributed by atoms with Gasteiger partial charge in [-0.3, -0.25) is 9.69 Å². The van der Waals surface area contributed by atoms with Crippen LogP contribution in [0.1, 0.15) is 25.3 Å². The molecule has 1 unspecified atom stereocenters. The summed E-state index contributed by atoms with van der Waals surface area (Å²) in [4.78, 5) is 14.5. The molecule has 21 heavy (non-hydrogen) atoms. The van der Waals surface area contributed by atoms with E-state index in [2.05, 4.69) is 34.6 Å². The summed E-state index contributed by atoms with van der Waals surface area (Å²) in [5.41, 5.74) is 2.60. The third-order valence-electron chi connectivity index (χ3n) is 4.84. The van der Waals surface area contributed by atoms with Gasteiger partial charge in [0.25, 0.3) is 0 Å². The average Bonchev–Trinajstić information content (AvgIpc) is 3.09. The molecule has 1 amide bonds. The number of aryl methyl sites for hydroxylation is 1. The smallest absolute Gasteiger partial charge is 0.238 e. The number of hydrogen-bond donors (Lipinski definition) is 2. The number of carbonyl (C=O) groups is 1. The zero-order valence-corrected chi connectivity index (χ0v) is 12.8. The van der Waals surface area contributed by atoms with Crippen LogP contribution in [-0.2, 0) is 11.2 Å². The summed E-state index contributed by atoms with van der Waals surface area (Å²) in [5.74, 6) is 0.103. The number of carbonyl (C=O) groups excluding carboxylic acids is 1. The van der Waals surface area contributed by atoms with Crippen molar-refractivity contribution < 1.29 is 4.79 Å². The van der Waals surface area contributed by atoms with E-state index in [4.69, 9.17) is 0 Å². The van der Waals surface area contributed by atoms with Gasteiger partial charge in [-0.25, -0.2) is 0 Å². The average molecular weight is 287 g/mol. The van der Waals surface area contributed by atoms with Crippen LogP contribution < -0.4 is 10.6 Å². The van der Waals surface area contributed by atoms with E-state index in [-0.39, 0.29) is 5.91 Å². The van der Waals surface area contributed by atoms with Crippen LogP contribution in [0, 0.1) is 5.41 Å². The normalized spacial score (nSPS) is 25.6. The summed E-state index contributed by atoms with van der Waals surface area (Å²) >= 11 is 0. The van der Waals surface area contributed by atoms with Crippen LogP contribution in [0.4, 0.5) is 5.69 Å². The minimum Gasteiger partial charge on any atom is -0.325 e. The first kappa shape index (κ1) is 14.5. The maximum Gasteiger partial charge on any atom is 0.238 e. The third-order valence-corrected chi connectivity index (χ3v) is 4.84. The zero-order valence-electron chi connectivity index (χ0n) is 12.8. The van der Waals surface area contributed by atoms with Gasteiger partial charge in [0, 0.05) is 18.8 Å². The highest BCUT2D eigenvalue weighted by Gasteiger charge is 2.40. The van der Waals surface area contributed by atoms with Crippen LogP contribution in [0.2, 0.25) is 0 Å². The molecule has 1 aromatic rings. The molecule has 2 fully saturated rings. The van der Waals surface area contributed by atoms with Gasteiger partial charge in [-0.05, 0) is 55.5 Å². The highest BCUT2D eigenvalue weighted by Crippen LogP contribution is 2.35. The first-order chi connectivity index (χ1) is 10.2. The second-order valence-corrected chi connectivity index (χ2v) is 6.49. The Morgan fingerprint density at radius 2 is 2.33 bits per heavy atom. The molecule has 1 atom stereocenters. The van der Waals surface area contributed by atoms with Crippen LogP contribution in [0.25, 0.3) is 0 Å². The Hall–Kier alpha value is -1.39. The first-order valence-corrected chi connectivity index (χ1v) is 8.01. The van der Waals surface area contributed by atoms with E-state index in [1.54, 1.807) is 0 Å². The van der Waals surface area contributed by atoms with E-state index >= 15 is 0 Å². The Balaban J connectivity index is 1.52. The summed E-state index contributed by atoms with van der Waals surface area (Å²) in [6, 6.07) is 8.12. The van der Waals surface area contributed by atoms with E-state index in [0.29, 0.717) is 12.0 Å². The van der Waals surface area contributed by atoms with Gasteiger partial charge in [0.05, 0.1) is 6.54 Å². The van der Waals surface area contributed by atoms with E-state index in [1.165, 1.54) is 18.4 Å². The van der Waals surface area contributed by atoms with Crippen molar-refractivity contribution in [2.24, 2.45) is 5.41 Å². The second kappa shape index (κ2) is 6.16. The lowest BCUT2D eigenvalue weighted by molar-refractivity contribution is -0.117. The predicted octanol–water partition coefficient (Wildman–Crippen LogP) is 1.87. The van der Waals surface area contributed by atoms with Crippen molar-refractivity contribution in [3.8, 4) is 0 Å². The molecule has 1 aromatic carbocycles. The van der Waals surface area contributed by atoms with Crippen LogP contribution >= 0.6 is 0 Å². The Morgan fingerprint density at radius 3 is 3.10 bits per heavy atom. The predicted molar refractivity (Wildman–Crippen MR) is 85.4 cm³/mol. The van der Waals surface area contributed by atoms with Crippen LogP contribution in [-0.4, -0.2) is 43.5 Å². The third kappa shape index (κ3) is 3.44. The molecule has 0 aliphatic carbocycles. The standard InChI is InChI=1S/C17H25N3O/c1-2-14-4-3-5-15(10-14)19-16(21)11-20-9-7-17(13-20)6-8-18-12-17/h3-5,10,18H,2,6-9,11-13H2,1H3,(H,19,21). The summed E-state index contributed by atoms with van der Waals surface area (Å²) in [6.07, 6.45) is 3.47. The number of likely N-dealkylation sites (tertiary alicyclic amines) is 1. The SMILES string of the molecule is CCc1cccc(NC(=O)CN2CCC3(CCNC3)C2)c1. The van der Waals surface area contributed by atoms with Crippen LogP contribution in [0.3, 0.4) is 0 Å². The lowest BCUT2D eigenvalue weighted by atomic mass is 9.87. The van der Waals surface area contributed by atoms with Crippen molar-refractivity contribution in [2.45, 2.75) is 26.2 Å². The number of nitrogens with zero attached hydrogens (tertiary/aromatic N) is 1. The van der Waals surface area contributed by atoms with Gasteiger partial charge in [0.1, 0.15) is 0 Å². The molecule has 2 aliphatic rings. The van der Waals surface area contributed by atoms with Crippen molar-refractivity contribution in [2.75, 3.05) is 38.0 Å². The zero-order chi connectivity index (χ0) is 14.7. The topological polar surface area (TPSA) is 44.4 Å². The number of hydrogen-bond acceptors (Lipinski definition) is 3. The van der Waals surface area contributed by atoms with Crippen molar-refractivity contribution >= 4 is 11.6 Å². The number of anilines is 1. The molecular formula is C17H25N3O. The molecular weight excluding hydrogens is 262 g/mol. The summed E-state index contributed by atoms with van der Waals surface area (Å²) < 4.78 is 0. The van der Waals surface area contributed by atoms with E-state index in [1.807, 2.05) is 12.1 Å². The molecule has 4 nitrogen and oxygen atoms in total. The minimum absolute atomic E-state index is 0.103. The molecule has 2 saturated heterocycles. The number of nitrogens with one attached hydrogen (secondary N) is 2. The summed E-state index contributed by atoms with van der Waals surface area (Å²) in [6.45, 7) is 6.98. The molecule has 0 aromatic heterocycles.